The summed E-state index contributed by atoms with van der Waals surface area (Å²) in [5.41, 5.74) is 0.284. The molecule has 1 unspecified atom stereocenters. The molecule has 0 spiro atoms. The number of aliphatic hydroxyl groups is 1. The van der Waals surface area contributed by atoms with Gasteiger partial charge in [-0.05, 0) is 52.0 Å². The first kappa shape index (κ1) is 13.9. The second-order valence-corrected chi connectivity index (χ2v) is 5.52. The standard InChI is InChI=1S/C13H27NO2/c1-13(2)11-12(6-9-15)5-8-14(13)7-4-10-16-3/h12,15H,4-11H2,1-3H3. The Labute approximate surface area is 99.8 Å². The molecule has 1 saturated heterocycles. The zero-order chi connectivity index (χ0) is 12.0. The molecule has 1 atom stereocenters. The first-order valence-electron chi connectivity index (χ1n) is 6.45. The first-order valence-corrected chi connectivity index (χ1v) is 6.45. The molecular formula is C13H27NO2. The normalized spacial score (nSPS) is 25.9. The highest BCUT2D eigenvalue weighted by molar-refractivity contribution is 4.89. The Morgan fingerprint density at radius 2 is 2.19 bits per heavy atom. The van der Waals surface area contributed by atoms with Crippen LogP contribution in [0.3, 0.4) is 0 Å². The molecule has 1 rings (SSSR count). The fraction of sp³-hybridized carbons (Fsp3) is 1.00. The average Bonchev–Trinajstić information content (AvgIpc) is 2.21. The van der Waals surface area contributed by atoms with E-state index in [1.54, 1.807) is 7.11 Å². The molecule has 3 heteroatoms. The highest BCUT2D eigenvalue weighted by Gasteiger charge is 2.33. The molecule has 16 heavy (non-hydrogen) atoms. The minimum atomic E-state index is 0.284. The predicted octanol–water partition coefficient (Wildman–Crippen LogP) is 1.90. The smallest absolute Gasteiger partial charge is 0.0474 e. The van der Waals surface area contributed by atoms with Gasteiger partial charge in [-0.3, -0.25) is 4.90 Å². The molecule has 1 heterocycles. The van der Waals surface area contributed by atoms with Crippen molar-refractivity contribution in [2.75, 3.05) is 33.4 Å². The minimum absolute atomic E-state index is 0.284. The second kappa shape index (κ2) is 6.58. The molecule has 1 fully saturated rings. The zero-order valence-electron chi connectivity index (χ0n) is 11.0. The van der Waals surface area contributed by atoms with Crippen molar-refractivity contribution in [3.05, 3.63) is 0 Å². The van der Waals surface area contributed by atoms with Gasteiger partial charge in [-0.25, -0.2) is 0 Å². The summed E-state index contributed by atoms with van der Waals surface area (Å²) >= 11 is 0. The Balaban J connectivity index is 2.37. The maximum atomic E-state index is 9.00. The monoisotopic (exact) mass is 229 g/mol. The van der Waals surface area contributed by atoms with Gasteiger partial charge < -0.3 is 9.84 Å². The third-order valence-corrected chi connectivity index (χ3v) is 3.77. The van der Waals surface area contributed by atoms with E-state index in [2.05, 4.69) is 18.7 Å². The molecule has 0 aromatic heterocycles. The summed E-state index contributed by atoms with van der Waals surface area (Å²) in [5.74, 6) is 0.707. The van der Waals surface area contributed by atoms with Crippen molar-refractivity contribution in [1.82, 2.24) is 4.90 Å². The second-order valence-electron chi connectivity index (χ2n) is 5.52. The van der Waals surface area contributed by atoms with Crippen molar-refractivity contribution in [1.29, 1.82) is 0 Å². The number of hydrogen-bond donors (Lipinski definition) is 1. The Hall–Kier alpha value is -0.120. The van der Waals surface area contributed by atoms with E-state index in [1.807, 2.05) is 0 Å². The first-order chi connectivity index (χ1) is 7.60. The van der Waals surface area contributed by atoms with Gasteiger partial charge in [0.2, 0.25) is 0 Å². The highest BCUT2D eigenvalue weighted by Crippen LogP contribution is 2.32. The molecule has 0 aliphatic carbocycles. The lowest BCUT2D eigenvalue weighted by Crippen LogP contribution is -2.50. The molecule has 0 saturated carbocycles. The Morgan fingerprint density at radius 1 is 1.44 bits per heavy atom. The summed E-state index contributed by atoms with van der Waals surface area (Å²) in [6, 6.07) is 0. The summed E-state index contributed by atoms with van der Waals surface area (Å²) in [6.07, 6.45) is 4.53. The molecule has 0 radical (unpaired) electrons. The van der Waals surface area contributed by atoms with E-state index >= 15 is 0 Å². The van der Waals surface area contributed by atoms with Gasteiger partial charge in [-0.1, -0.05) is 0 Å². The summed E-state index contributed by atoms with van der Waals surface area (Å²) in [4.78, 5) is 2.57. The molecular weight excluding hydrogens is 202 g/mol. The van der Waals surface area contributed by atoms with Gasteiger partial charge in [0.15, 0.2) is 0 Å². The lowest BCUT2D eigenvalue weighted by atomic mass is 9.81. The Morgan fingerprint density at radius 3 is 2.75 bits per heavy atom. The molecule has 1 aliphatic heterocycles. The molecule has 3 nitrogen and oxygen atoms in total. The van der Waals surface area contributed by atoms with E-state index in [1.165, 1.54) is 19.4 Å². The van der Waals surface area contributed by atoms with E-state index in [9.17, 15) is 0 Å². The van der Waals surface area contributed by atoms with Crippen molar-refractivity contribution < 1.29 is 9.84 Å². The van der Waals surface area contributed by atoms with Crippen LogP contribution >= 0.6 is 0 Å². The lowest BCUT2D eigenvalue weighted by molar-refractivity contribution is 0.0324. The molecule has 0 amide bonds. The predicted molar refractivity (Wildman–Crippen MR) is 66.6 cm³/mol. The van der Waals surface area contributed by atoms with Gasteiger partial charge in [0, 0.05) is 32.4 Å². The van der Waals surface area contributed by atoms with Gasteiger partial charge in [0.05, 0.1) is 0 Å². The number of nitrogens with zero attached hydrogens (tertiary/aromatic N) is 1. The maximum Gasteiger partial charge on any atom is 0.0474 e. The third kappa shape index (κ3) is 4.04. The van der Waals surface area contributed by atoms with Gasteiger partial charge in [-0.2, -0.15) is 0 Å². The summed E-state index contributed by atoms with van der Waals surface area (Å²) < 4.78 is 5.10. The molecule has 1 N–H and O–H groups in total. The quantitative estimate of drug-likeness (QED) is 0.706. The Kier molecular flexibility index (Phi) is 5.73. The summed E-state index contributed by atoms with van der Waals surface area (Å²) in [7, 11) is 1.76. The van der Waals surface area contributed by atoms with Gasteiger partial charge in [-0.15, -0.1) is 0 Å². The lowest BCUT2D eigenvalue weighted by Gasteiger charge is -2.45. The van der Waals surface area contributed by atoms with Crippen LogP contribution < -0.4 is 0 Å². The number of methoxy groups -OCH3 is 1. The van der Waals surface area contributed by atoms with Crippen LogP contribution in [-0.2, 0) is 4.74 Å². The van der Waals surface area contributed by atoms with E-state index in [4.69, 9.17) is 9.84 Å². The maximum absolute atomic E-state index is 9.00. The van der Waals surface area contributed by atoms with E-state index in [0.29, 0.717) is 12.5 Å². The number of rotatable bonds is 6. The van der Waals surface area contributed by atoms with Crippen LogP contribution in [0.1, 0.15) is 39.5 Å². The van der Waals surface area contributed by atoms with E-state index in [-0.39, 0.29) is 5.54 Å². The van der Waals surface area contributed by atoms with E-state index in [0.717, 1.165) is 26.0 Å². The van der Waals surface area contributed by atoms with Gasteiger partial charge in [0.1, 0.15) is 0 Å². The van der Waals surface area contributed by atoms with Crippen molar-refractivity contribution >= 4 is 0 Å². The van der Waals surface area contributed by atoms with Crippen LogP contribution in [0, 0.1) is 5.92 Å². The van der Waals surface area contributed by atoms with Crippen LogP contribution in [0.5, 0.6) is 0 Å². The minimum Gasteiger partial charge on any atom is -0.396 e. The molecule has 1 aliphatic rings. The molecule has 0 aromatic rings. The number of likely N-dealkylation sites (tertiary alicyclic amines) is 1. The van der Waals surface area contributed by atoms with Crippen molar-refractivity contribution in [3.63, 3.8) is 0 Å². The average molecular weight is 229 g/mol. The number of hydrogen-bond acceptors (Lipinski definition) is 3. The number of piperidine rings is 1. The van der Waals surface area contributed by atoms with Crippen molar-refractivity contribution in [2.45, 2.75) is 45.1 Å². The van der Waals surface area contributed by atoms with Crippen molar-refractivity contribution in [3.8, 4) is 0 Å². The third-order valence-electron chi connectivity index (χ3n) is 3.77. The van der Waals surface area contributed by atoms with Crippen LogP contribution in [-0.4, -0.2) is 49.0 Å². The van der Waals surface area contributed by atoms with Crippen LogP contribution in [0.4, 0.5) is 0 Å². The molecule has 96 valence electrons. The summed E-state index contributed by atoms with van der Waals surface area (Å²) in [6.45, 7) is 8.14. The SMILES string of the molecule is COCCCN1CCC(CCO)CC1(C)C. The zero-order valence-corrected chi connectivity index (χ0v) is 11.0. The summed E-state index contributed by atoms with van der Waals surface area (Å²) in [5, 5.41) is 9.00. The number of ether oxygens (including phenoxy) is 1. The van der Waals surface area contributed by atoms with Crippen LogP contribution in [0.25, 0.3) is 0 Å². The van der Waals surface area contributed by atoms with Crippen LogP contribution in [0.15, 0.2) is 0 Å². The Bertz CT molecular complexity index is 194. The van der Waals surface area contributed by atoms with Crippen molar-refractivity contribution in [2.24, 2.45) is 5.92 Å². The fourth-order valence-corrected chi connectivity index (χ4v) is 2.82. The van der Waals surface area contributed by atoms with E-state index < -0.39 is 0 Å². The molecule has 0 aromatic carbocycles. The largest absolute Gasteiger partial charge is 0.396 e. The van der Waals surface area contributed by atoms with Gasteiger partial charge in [0.25, 0.3) is 0 Å². The fourth-order valence-electron chi connectivity index (χ4n) is 2.82. The topological polar surface area (TPSA) is 32.7 Å². The molecule has 0 bridgehead atoms. The number of aliphatic hydroxyl groups excluding tert-OH is 1. The van der Waals surface area contributed by atoms with Gasteiger partial charge >= 0.3 is 0 Å². The highest BCUT2D eigenvalue weighted by atomic mass is 16.5. The van der Waals surface area contributed by atoms with Crippen LogP contribution in [0.2, 0.25) is 0 Å².